The first-order chi connectivity index (χ1) is 12.3. The van der Waals surface area contributed by atoms with Gasteiger partial charge in [0.15, 0.2) is 0 Å². The normalized spacial score (nSPS) is 12.8. The van der Waals surface area contributed by atoms with E-state index in [9.17, 15) is 18.3 Å². The summed E-state index contributed by atoms with van der Waals surface area (Å²) in [6.07, 6.45) is -0.772. The van der Waals surface area contributed by atoms with Crippen LogP contribution in [-0.2, 0) is 17.8 Å². The van der Waals surface area contributed by atoms with E-state index in [4.69, 9.17) is 4.74 Å². The number of nitrogens with zero attached hydrogens (tertiary/aromatic N) is 1. The van der Waals surface area contributed by atoms with E-state index < -0.39 is 17.7 Å². The molecule has 6 heteroatoms. The van der Waals surface area contributed by atoms with Gasteiger partial charge in [0.2, 0.25) is 0 Å². The van der Waals surface area contributed by atoms with Crippen LogP contribution < -0.4 is 0 Å². The van der Waals surface area contributed by atoms with E-state index in [1.54, 1.807) is 12.1 Å². The summed E-state index contributed by atoms with van der Waals surface area (Å²) in [4.78, 5) is 1.82. The van der Waals surface area contributed by atoms with Gasteiger partial charge < -0.3 is 9.84 Å². The van der Waals surface area contributed by atoms with Crippen molar-refractivity contribution in [2.24, 2.45) is 0 Å². The summed E-state index contributed by atoms with van der Waals surface area (Å²) in [5.74, 6) is -1.61. The van der Waals surface area contributed by atoms with Crippen molar-refractivity contribution in [1.82, 2.24) is 4.90 Å². The monoisotopic (exact) mass is 367 g/mol. The molecule has 2 aromatic carbocycles. The Morgan fingerprint density at radius 1 is 0.962 bits per heavy atom. The van der Waals surface area contributed by atoms with Gasteiger partial charge in [-0.2, -0.15) is 0 Å². The molecule has 0 amide bonds. The van der Waals surface area contributed by atoms with Crippen molar-refractivity contribution in [1.29, 1.82) is 0 Å². The van der Waals surface area contributed by atoms with Crippen molar-refractivity contribution in [3.05, 3.63) is 71.0 Å². The lowest BCUT2D eigenvalue weighted by atomic mass is 10.1. The van der Waals surface area contributed by atoms with Crippen molar-refractivity contribution in [2.45, 2.75) is 39.1 Å². The summed E-state index contributed by atoms with van der Waals surface area (Å²) >= 11 is 0. The maximum Gasteiger partial charge on any atom is 0.130 e. The summed E-state index contributed by atoms with van der Waals surface area (Å²) < 4.78 is 45.6. The minimum absolute atomic E-state index is 0.00950. The van der Waals surface area contributed by atoms with Gasteiger partial charge in [0, 0.05) is 31.3 Å². The molecule has 2 aromatic rings. The largest absolute Gasteiger partial charge is 0.389 e. The Morgan fingerprint density at radius 2 is 1.62 bits per heavy atom. The van der Waals surface area contributed by atoms with Crippen molar-refractivity contribution < 1.29 is 23.0 Å². The number of halogens is 3. The van der Waals surface area contributed by atoms with Crippen LogP contribution in [0.25, 0.3) is 0 Å². The molecule has 1 atom stereocenters. The summed E-state index contributed by atoms with van der Waals surface area (Å²) in [5.41, 5.74) is 1.15. The maximum absolute atomic E-state index is 14.0. The SMILES string of the molecule is CC(C)OC[C@@H](O)CN(Cc1ccc(F)cc1)Cc1ccc(F)cc1F. The van der Waals surface area contributed by atoms with E-state index in [-0.39, 0.29) is 31.6 Å². The fourth-order valence-electron chi connectivity index (χ4n) is 2.58. The molecule has 0 aromatic heterocycles. The average molecular weight is 367 g/mol. The average Bonchev–Trinajstić information content (AvgIpc) is 2.57. The lowest BCUT2D eigenvalue weighted by Crippen LogP contribution is -2.35. The van der Waals surface area contributed by atoms with Crippen LogP contribution in [-0.4, -0.2) is 35.4 Å². The lowest BCUT2D eigenvalue weighted by Gasteiger charge is -2.26. The van der Waals surface area contributed by atoms with E-state index in [0.717, 1.165) is 11.6 Å². The van der Waals surface area contributed by atoms with Crippen LogP contribution in [0.15, 0.2) is 42.5 Å². The third-order valence-electron chi connectivity index (χ3n) is 3.82. The van der Waals surface area contributed by atoms with Gasteiger partial charge in [0.25, 0.3) is 0 Å². The number of hydrogen-bond acceptors (Lipinski definition) is 3. The van der Waals surface area contributed by atoms with Crippen molar-refractivity contribution in [3.63, 3.8) is 0 Å². The molecule has 3 nitrogen and oxygen atoms in total. The van der Waals surface area contributed by atoms with Crippen molar-refractivity contribution >= 4 is 0 Å². The number of hydrogen-bond donors (Lipinski definition) is 1. The van der Waals surface area contributed by atoms with E-state index in [1.165, 1.54) is 24.3 Å². The van der Waals surface area contributed by atoms with E-state index in [0.29, 0.717) is 12.1 Å². The Morgan fingerprint density at radius 3 is 2.23 bits per heavy atom. The standard InChI is InChI=1S/C20H24F3NO2/c1-14(2)26-13-19(25)12-24(10-15-3-6-17(21)7-4-15)11-16-5-8-18(22)9-20(16)23/h3-9,14,19,25H,10-13H2,1-2H3/t19-/m0/s1. The molecule has 0 aliphatic carbocycles. The minimum Gasteiger partial charge on any atom is -0.389 e. The van der Waals surface area contributed by atoms with Crippen LogP contribution in [0.1, 0.15) is 25.0 Å². The van der Waals surface area contributed by atoms with Crippen LogP contribution >= 0.6 is 0 Å². The maximum atomic E-state index is 14.0. The van der Waals surface area contributed by atoms with Gasteiger partial charge in [-0.15, -0.1) is 0 Å². The van der Waals surface area contributed by atoms with Gasteiger partial charge in [-0.1, -0.05) is 18.2 Å². The molecular formula is C20H24F3NO2. The van der Waals surface area contributed by atoms with Gasteiger partial charge in [-0.05, 0) is 37.6 Å². The van der Waals surface area contributed by atoms with Gasteiger partial charge >= 0.3 is 0 Å². The topological polar surface area (TPSA) is 32.7 Å². The molecular weight excluding hydrogens is 343 g/mol. The third kappa shape index (κ3) is 6.78. The highest BCUT2D eigenvalue weighted by molar-refractivity contribution is 5.20. The Bertz CT molecular complexity index is 692. The molecule has 0 saturated heterocycles. The molecule has 0 saturated carbocycles. The Balaban J connectivity index is 2.10. The molecule has 0 unspecified atom stereocenters. The van der Waals surface area contributed by atoms with Crippen LogP contribution in [0.4, 0.5) is 13.2 Å². The molecule has 26 heavy (non-hydrogen) atoms. The highest BCUT2D eigenvalue weighted by Gasteiger charge is 2.16. The first-order valence-electron chi connectivity index (χ1n) is 8.54. The molecule has 0 bridgehead atoms. The minimum atomic E-state index is -0.763. The zero-order valence-corrected chi connectivity index (χ0v) is 15.0. The molecule has 0 aliphatic rings. The van der Waals surface area contributed by atoms with E-state index in [2.05, 4.69) is 0 Å². The second kappa shape index (κ2) is 9.71. The summed E-state index contributed by atoms with van der Waals surface area (Å²) in [6.45, 7) is 4.70. The summed E-state index contributed by atoms with van der Waals surface area (Å²) in [7, 11) is 0. The number of aliphatic hydroxyl groups is 1. The highest BCUT2D eigenvalue weighted by Crippen LogP contribution is 2.15. The summed E-state index contributed by atoms with van der Waals surface area (Å²) in [6, 6.07) is 9.41. The third-order valence-corrected chi connectivity index (χ3v) is 3.82. The first kappa shape index (κ1) is 20.4. The van der Waals surface area contributed by atoms with Crippen molar-refractivity contribution in [2.75, 3.05) is 13.2 Å². The van der Waals surface area contributed by atoms with Gasteiger partial charge in [-0.25, -0.2) is 13.2 Å². The molecule has 0 aliphatic heterocycles. The van der Waals surface area contributed by atoms with E-state index >= 15 is 0 Å². The van der Waals surface area contributed by atoms with Gasteiger partial charge in [-0.3, -0.25) is 4.90 Å². The predicted octanol–water partition coefficient (Wildman–Crippen LogP) is 3.89. The predicted molar refractivity (Wildman–Crippen MR) is 94.0 cm³/mol. The van der Waals surface area contributed by atoms with Crippen LogP contribution in [0.3, 0.4) is 0 Å². The van der Waals surface area contributed by atoms with Crippen LogP contribution in [0.2, 0.25) is 0 Å². The second-order valence-electron chi connectivity index (χ2n) is 6.57. The Labute approximate surface area is 152 Å². The molecule has 0 fully saturated rings. The van der Waals surface area contributed by atoms with Crippen LogP contribution in [0.5, 0.6) is 0 Å². The Kier molecular flexibility index (Phi) is 7.63. The lowest BCUT2D eigenvalue weighted by molar-refractivity contribution is -0.0107. The van der Waals surface area contributed by atoms with Crippen LogP contribution in [0, 0.1) is 17.5 Å². The Hall–Kier alpha value is -1.89. The van der Waals surface area contributed by atoms with Gasteiger partial charge in [0.05, 0.1) is 18.8 Å². The number of ether oxygens (including phenoxy) is 1. The molecule has 0 spiro atoms. The quantitative estimate of drug-likeness (QED) is 0.730. The fourth-order valence-corrected chi connectivity index (χ4v) is 2.58. The molecule has 1 N–H and O–H groups in total. The fraction of sp³-hybridized carbons (Fsp3) is 0.400. The van der Waals surface area contributed by atoms with Gasteiger partial charge in [0.1, 0.15) is 17.5 Å². The molecule has 0 radical (unpaired) electrons. The first-order valence-corrected chi connectivity index (χ1v) is 8.54. The number of rotatable bonds is 9. The number of aliphatic hydroxyl groups excluding tert-OH is 1. The van der Waals surface area contributed by atoms with E-state index in [1.807, 2.05) is 18.7 Å². The molecule has 142 valence electrons. The summed E-state index contributed by atoms with van der Waals surface area (Å²) in [5, 5.41) is 10.2. The molecule has 0 heterocycles. The zero-order chi connectivity index (χ0) is 19.1. The smallest absolute Gasteiger partial charge is 0.130 e. The second-order valence-corrected chi connectivity index (χ2v) is 6.57. The number of benzene rings is 2. The zero-order valence-electron chi connectivity index (χ0n) is 15.0. The van der Waals surface area contributed by atoms with Crippen molar-refractivity contribution in [3.8, 4) is 0 Å². The highest BCUT2D eigenvalue weighted by atomic mass is 19.1. The molecule has 2 rings (SSSR count).